The molecule has 2 aromatic carbocycles. The van der Waals surface area contributed by atoms with Crippen molar-refractivity contribution in [3.63, 3.8) is 0 Å². The number of carboxylic acid groups (broad SMARTS) is 1. The molecule has 158 valence electrons. The molecule has 2 N–H and O–H groups in total. The molecule has 7 heteroatoms. The zero-order chi connectivity index (χ0) is 21.7. The Morgan fingerprint density at radius 1 is 1.13 bits per heavy atom. The number of furan rings is 1. The number of sulfonamides is 1. The van der Waals surface area contributed by atoms with Crippen LogP contribution in [0.4, 0.5) is 5.69 Å². The molecule has 6 nitrogen and oxygen atoms in total. The summed E-state index contributed by atoms with van der Waals surface area (Å²) in [6.07, 6.45) is 2.89. The largest absolute Gasteiger partial charge is 0.478 e. The fraction of sp³-hybridized carbons (Fsp3) is 0.348. The quantitative estimate of drug-likeness (QED) is 0.605. The first kappa shape index (κ1) is 20.5. The van der Waals surface area contributed by atoms with Gasteiger partial charge in [0.05, 0.1) is 10.5 Å². The molecule has 0 spiro atoms. The lowest BCUT2D eigenvalue weighted by molar-refractivity contribution is 0.0696. The maximum Gasteiger partial charge on any atom is 0.335 e. The van der Waals surface area contributed by atoms with Crippen LogP contribution < -0.4 is 4.72 Å². The highest BCUT2D eigenvalue weighted by Crippen LogP contribution is 2.41. The van der Waals surface area contributed by atoms with Crippen LogP contribution in [0.2, 0.25) is 0 Å². The van der Waals surface area contributed by atoms with Crippen molar-refractivity contribution in [3.8, 4) is 0 Å². The smallest absolute Gasteiger partial charge is 0.335 e. The minimum atomic E-state index is -3.84. The van der Waals surface area contributed by atoms with E-state index in [2.05, 4.69) is 25.5 Å². The van der Waals surface area contributed by atoms with Crippen molar-refractivity contribution in [2.75, 3.05) is 4.72 Å². The molecule has 0 fully saturated rings. The minimum absolute atomic E-state index is 0.00890. The van der Waals surface area contributed by atoms with Gasteiger partial charge in [0, 0.05) is 23.1 Å². The van der Waals surface area contributed by atoms with Gasteiger partial charge in [-0.25, -0.2) is 13.2 Å². The van der Waals surface area contributed by atoms with Gasteiger partial charge in [0.15, 0.2) is 0 Å². The lowest BCUT2D eigenvalue weighted by Crippen LogP contribution is -2.26. The molecule has 1 atom stereocenters. The van der Waals surface area contributed by atoms with E-state index < -0.39 is 16.0 Å². The first-order chi connectivity index (χ1) is 14.0. The number of carboxylic acids is 1. The van der Waals surface area contributed by atoms with Crippen LogP contribution in [0.3, 0.4) is 0 Å². The summed E-state index contributed by atoms with van der Waals surface area (Å²) in [5.41, 5.74) is 2.62. The van der Waals surface area contributed by atoms with Crippen molar-refractivity contribution in [2.24, 2.45) is 11.3 Å². The van der Waals surface area contributed by atoms with Crippen LogP contribution >= 0.6 is 0 Å². The topological polar surface area (TPSA) is 96.6 Å². The Morgan fingerprint density at radius 2 is 1.83 bits per heavy atom. The summed E-state index contributed by atoms with van der Waals surface area (Å²) in [5.74, 6) is 0.435. The Balaban J connectivity index is 1.65. The van der Waals surface area contributed by atoms with E-state index in [1.807, 2.05) is 6.07 Å². The number of nitrogens with one attached hydrogen (secondary N) is 1. The monoisotopic (exact) mass is 427 g/mol. The lowest BCUT2D eigenvalue weighted by atomic mass is 9.71. The zero-order valence-electron chi connectivity index (χ0n) is 17.2. The van der Waals surface area contributed by atoms with Crippen LogP contribution in [0, 0.1) is 11.3 Å². The molecule has 30 heavy (non-hydrogen) atoms. The number of anilines is 1. The standard InChI is InChI=1S/C23H25NO5S/c1-23(2,3)15-6-10-20-18(12-15)19-13-16(7-11-21(19)29-20)24-30(27,28)17-8-4-14(5-9-17)22(25)26/h4-5,7-9,11,13,15,24H,6,10,12H2,1-3H3,(H,25,26)/t15-/m0/s1. The van der Waals surface area contributed by atoms with Gasteiger partial charge in [-0.2, -0.15) is 0 Å². The fourth-order valence-corrected chi connectivity index (χ4v) is 5.12. The number of carbonyl (C=O) groups is 1. The van der Waals surface area contributed by atoms with Gasteiger partial charge in [0.1, 0.15) is 11.3 Å². The van der Waals surface area contributed by atoms with Gasteiger partial charge in [0.2, 0.25) is 0 Å². The van der Waals surface area contributed by atoms with Crippen molar-refractivity contribution in [3.05, 3.63) is 59.4 Å². The molecule has 0 saturated carbocycles. The van der Waals surface area contributed by atoms with Crippen molar-refractivity contribution in [1.29, 1.82) is 0 Å². The van der Waals surface area contributed by atoms with E-state index in [0.717, 1.165) is 36.0 Å². The average Bonchev–Trinajstić information content (AvgIpc) is 3.04. The first-order valence-electron chi connectivity index (χ1n) is 9.95. The minimum Gasteiger partial charge on any atom is -0.478 e. The molecular weight excluding hydrogens is 402 g/mol. The van der Waals surface area contributed by atoms with Crippen LogP contribution in [0.5, 0.6) is 0 Å². The van der Waals surface area contributed by atoms with E-state index >= 15 is 0 Å². The van der Waals surface area contributed by atoms with E-state index in [0.29, 0.717) is 11.6 Å². The first-order valence-corrected chi connectivity index (χ1v) is 11.4. The molecule has 0 bridgehead atoms. The van der Waals surface area contributed by atoms with Crippen molar-refractivity contribution in [1.82, 2.24) is 0 Å². The van der Waals surface area contributed by atoms with Gasteiger partial charge >= 0.3 is 5.97 Å². The van der Waals surface area contributed by atoms with Crippen LogP contribution in [-0.4, -0.2) is 19.5 Å². The number of fused-ring (bicyclic) bond motifs is 3. The van der Waals surface area contributed by atoms with Gasteiger partial charge in [-0.1, -0.05) is 20.8 Å². The van der Waals surface area contributed by atoms with E-state index in [1.165, 1.54) is 29.8 Å². The van der Waals surface area contributed by atoms with Gasteiger partial charge in [-0.15, -0.1) is 0 Å². The number of rotatable bonds is 4. The summed E-state index contributed by atoms with van der Waals surface area (Å²) < 4.78 is 34.1. The molecule has 1 aliphatic carbocycles. The van der Waals surface area contributed by atoms with Crippen molar-refractivity contribution >= 4 is 32.6 Å². The predicted octanol–water partition coefficient (Wildman–Crippen LogP) is 5.08. The van der Waals surface area contributed by atoms with Gasteiger partial charge < -0.3 is 9.52 Å². The molecule has 0 unspecified atom stereocenters. The summed E-state index contributed by atoms with van der Waals surface area (Å²) in [5, 5.41) is 9.93. The van der Waals surface area contributed by atoms with E-state index in [4.69, 9.17) is 9.52 Å². The predicted molar refractivity (Wildman–Crippen MR) is 115 cm³/mol. The second-order valence-electron chi connectivity index (χ2n) is 8.96. The van der Waals surface area contributed by atoms with Crippen molar-refractivity contribution in [2.45, 2.75) is 44.9 Å². The number of hydrogen-bond donors (Lipinski definition) is 2. The number of benzene rings is 2. The van der Waals surface area contributed by atoms with Crippen LogP contribution in [0.25, 0.3) is 11.0 Å². The Kier molecular flexibility index (Phi) is 4.89. The van der Waals surface area contributed by atoms with E-state index in [1.54, 1.807) is 12.1 Å². The maximum absolute atomic E-state index is 12.7. The zero-order valence-corrected chi connectivity index (χ0v) is 18.0. The summed E-state index contributed by atoms with van der Waals surface area (Å²) >= 11 is 0. The van der Waals surface area contributed by atoms with E-state index in [-0.39, 0.29) is 15.9 Å². The molecular formula is C23H25NO5S. The highest BCUT2D eigenvalue weighted by atomic mass is 32.2. The summed E-state index contributed by atoms with van der Waals surface area (Å²) in [6.45, 7) is 6.75. The molecule has 0 saturated heterocycles. The number of aromatic carboxylic acids is 1. The van der Waals surface area contributed by atoms with Gasteiger partial charge in [-0.3, -0.25) is 4.72 Å². The fourth-order valence-electron chi connectivity index (χ4n) is 4.07. The van der Waals surface area contributed by atoms with Crippen LogP contribution in [0.15, 0.2) is 51.8 Å². The SMILES string of the molecule is CC(C)(C)[C@H]1CCc2oc3ccc(NS(=O)(=O)c4ccc(C(=O)O)cc4)cc3c2C1. The second-order valence-corrected chi connectivity index (χ2v) is 10.6. The lowest BCUT2D eigenvalue weighted by Gasteiger charge is -2.33. The van der Waals surface area contributed by atoms with E-state index in [9.17, 15) is 13.2 Å². The highest BCUT2D eigenvalue weighted by molar-refractivity contribution is 7.92. The molecule has 0 radical (unpaired) electrons. The summed E-state index contributed by atoms with van der Waals surface area (Å²) in [4.78, 5) is 11.0. The molecule has 0 aliphatic heterocycles. The van der Waals surface area contributed by atoms with Gasteiger partial charge in [0.25, 0.3) is 10.0 Å². The third kappa shape index (κ3) is 3.81. The van der Waals surface area contributed by atoms with Crippen LogP contribution in [0.1, 0.15) is 48.9 Å². The molecule has 4 rings (SSSR count). The summed E-state index contributed by atoms with van der Waals surface area (Å²) in [6, 6.07) is 10.4. The molecule has 1 aromatic heterocycles. The second kappa shape index (κ2) is 7.16. The van der Waals surface area contributed by atoms with Crippen LogP contribution in [-0.2, 0) is 22.9 Å². The molecule has 3 aromatic rings. The third-order valence-electron chi connectivity index (χ3n) is 5.93. The molecule has 1 aliphatic rings. The molecule has 0 amide bonds. The number of aryl methyl sites for hydroxylation is 1. The summed E-state index contributed by atoms with van der Waals surface area (Å²) in [7, 11) is -3.84. The van der Waals surface area contributed by atoms with Gasteiger partial charge in [-0.05, 0) is 66.6 Å². The maximum atomic E-state index is 12.7. The third-order valence-corrected chi connectivity index (χ3v) is 7.33. The average molecular weight is 428 g/mol. The normalized spacial score (nSPS) is 17.0. The Hall–Kier alpha value is -2.80. The molecule has 1 heterocycles. The van der Waals surface area contributed by atoms with Crippen molar-refractivity contribution < 1.29 is 22.7 Å². The Labute approximate surface area is 176 Å². The Morgan fingerprint density at radius 3 is 2.47 bits per heavy atom. The Bertz CT molecular complexity index is 1220. The highest BCUT2D eigenvalue weighted by Gasteiger charge is 2.31. The number of hydrogen-bond acceptors (Lipinski definition) is 4.